The third-order valence-electron chi connectivity index (χ3n) is 1.51. The van der Waals surface area contributed by atoms with Crippen LogP contribution in [0.15, 0.2) is 12.4 Å². The van der Waals surface area contributed by atoms with Crippen LogP contribution in [0.2, 0.25) is 0 Å². The van der Waals surface area contributed by atoms with Gasteiger partial charge in [0.1, 0.15) is 0 Å². The van der Waals surface area contributed by atoms with Gasteiger partial charge in [0.05, 0.1) is 0 Å². The van der Waals surface area contributed by atoms with Crippen LogP contribution in [-0.4, -0.2) is 15.9 Å². The summed E-state index contributed by atoms with van der Waals surface area (Å²) in [6.45, 7) is 2.17. The Balaban J connectivity index is 2.64. The van der Waals surface area contributed by atoms with Crippen LogP contribution < -0.4 is 11.1 Å². The topological polar surface area (TPSA) is 80.9 Å². The molecule has 0 bridgehead atoms. The molecule has 1 rings (SSSR count). The van der Waals surface area contributed by atoms with Gasteiger partial charge in [0.15, 0.2) is 0 Å². The first-order valence-electron chi connectivity index (χ1n) is 4.07. The van der Waals surface area contributed by atoms with Crippen molar-refractivity contribution in [2.75, 3.05) is 5.32 Å². The minimum absolute atomic E-state index is 0.0968. The molecule has 0 radical (unpaired) electrons. The van der Waals surface area contributed by atoms with Crippen molar-refractivity contribution in [2.24, 2.45) is 5.73 Å². The fourth-order valence-corrected chi connectivity index (χ4v) is 0.738. The lowest BCUT2D eigenvalue weighted by atomic mass is 10.3. The molecule has 1 amide bonds. The molecule has 1 aromatic rings. The van der Waals surface area contributed by atoms with E-state index < -0.39 is 0 Å². The lowest BCUT2D eigenvalue weighted by Crippen LogP contribution is -2.12. The van der Waals surface area contributed by atoms with Gasteiger partial charge in [-0.2, -0.15) is 0 Å². The molecule has 0 spiro atoms. The summed E-state index contributed by atoms with van der Waals surface area (Å²) in [7, 11) is 0. The molecule has 5 nitrogen and oxygen atoms in total. The molecule has 0 aliphatic rings. The number of hydrogen-bond donors (Lipinski definition) is 2. The van der Waals surface area contributed by atoms with E-state index >= 15 is 0 Å². The maximum absolute atomic E-state index is 10.9. The lowest BCUT2D eigenvalue weighted by Gasteiger charge is -2.01. The van der Waals surface area contributed by atoms with Gasteiger partial charge in [0, 0.05) is 30.9 Å². The zero-order valence-corrected chi connectivity index (χ0v) is 7.45. The molecular formula is C8H12N4O. The average molecular weight is 180 g/mol. The van der Waals surface area contributed by atoms with E-state index in [1.165, 1.54) is 0 Å². The van der Waals surface area contributed by atoms with Gasteiger partial charge in [-0.15, -0.1) is 0 Å². The van der Waals surface area contributed by atoms with E-state index in [2.05, 4.69) is 15.3 Å². The summed E-state index contributed by atoms with van der Waals surface area (Å²) in [5.41, 5.74) is 6.20. The van der Waals surface area contributed by atoms with Crippen molar-refractivity contribution in [2.45, 2.75) is 19.9 Å². The van der Waals surface area contributed by atoms with Crippen molar-refractivity contribution in [3.05, 3.63) is 18.0 Å². The second kappa shape index (κ2) is 4.51. The van der Waals surface area contributed by atoms with Gasteiger partial charge in [-0.25, -0.2) is 9.97 Å². The van der Waals surface area contributed by atoms with Crippen molar-refractivity contribution in [1.29, 1.82) is 0 Å². The Labute approximate surface area is 76.4 Å². The summed E-state index contributed by atoms with van der Waals surface area (Å²) < 4.78 is 0. The van der Waals surface area contributed by atoms with E-state index in [0.717, 1.165) is 5.56 Å². The Morgan fingerprint density at radius 3 is 2.62 bits per heavy atom. The molecule has 1 aromatic heterocycles. The molecular weight excluding hydrogens is 168 g/mol. The van der Waals surface area contributed by atoms with E-state index in [-0.39, 0.29) is 5.91 Å². The first kappa shape index (κ1) is 9.60. The van der Waals surface area contributed by atoms with Crippen LogP contribution in [0, 0.1) is 0 Å². The first-order valence-corrected chi connectivity index (χ1v) is 4.07. The fourth-order valence-electron chi connectivity index (χ4n) is 0.738. The Hall–Kier alpha value is -1.49. The summed E-state index contributed by atoms with van der Waals surface area (Å²) in [5.74, 6) is 0.226. The number of carbonyl (C=O) groups excluding carboxylic acids is 1. The van der Waals surface area contributed by atoms with Crippen molar-refractivity contribution >= 4 is 11.9 Å². The molecule has 5 heteroatoms. The SMILES string of the molecule is CCC(=O)Nc1ncc(CN)cn1. The van der Waals surface area contributed by atoms with Crippen molar-refractivity contribution in [3.8, 4) is 0 Å². The highest BCUT2D eigenvalue weighted by atomic mass is 16.1. The number of hydrogen-bond acceptors (Lipinski definition) is 4. The molecule has 0 aromatic carbocycles. The van der Waals surface area contributed by atoms with E-state index in [1.54, 1.807) is 19.3 Å². The molecule has 70 valence electrons. The standard InChI is InChI=1S/C8H12N4O/c1-2-7(13)12-8-10-4-6(3-9)5-11-8/h4-5H,2-3,9H2,1H3,(H,10,11,12,13). The first-order chi connectivity index (χ1) is 6.26. The van der Waals surface area contributed by atoms with Crippen LogP contribution in [0.4, 0.5) is 5.95 Å². The summed E-state index contributed by atoms with van der Waals surface area (Å²) in [4.78, 5) is 18.7. The predicted molar refractivity (Wildman–Crippen MR) is 48.8 cm³/mol. The van der Waals surface area contributed by atoms with Crippen LogP contribution in [-0.2, 0) is 11.3 Å². The minimum Gasteiger partial charge on any atom is -0.326 e. The lowest BCUT2D eigenvalue weighted by molar-refractivity contribution is -0.115. The molecule has 0 fully saturated rings. The van der Waals surface area contributed by atoms with Crippen molar-refractivity contribution in [1.82, 2.24) is 9.97 Å². The maximum Gasteiger partial charge on any atom is 0.229 e. The Kier molecular flexibility index (Phi) is 3.33. The number of nitrogens with zero attached hydrogens (tertiary/aromatic N) is 2. The van der Waals surface area contributed by atoms with E-state index in [4.69, 9.17) is 5.73 Å². The molecule has 13 heavy (non-hydrogen) atoms. The third kappa shape index (κ3) is 2.79. The predicted octanol–water partition coefficient (Wildman–Crippen LogP) is 0.284. The van der Waals surface area contributed by atoms with Crippen LogP contribution in [0.25, 0.3) is 0 Å². The Morgan fingerprint density at radius 1 is 1.54 bits per heavy atom. The molecule has 0 saturated heterocycles. The number of amides is 1. The monoisotopic (exact) mass is 180 g/mol. The van der Waals surface area contributed by atoms with Gasteiger partial charge >= 0.3 is 0 Å². The maximum atomic E-state index is 10.9. The van der Waals surface area contributed by atoms with E-state index in [1.807, 2.05) is 0 Å². The number of nitrogens with one attached hydrogen (secondary N) is 1. The fraction of sp³-hybridized carbons (Fsp3) is 0.375. The smallest absolute Gasteiger partial charge is 0.229 e. The second-order valence-electron chi connectivity index (χ2n) is 2.52. The van der Waals surface area contributed by atoms with Crippen LogP contribution in [0.5, 0.6) is 0 Å². The van der Waals surface area contributed by atoms with Gasteiger partial charge in [-0.05, 0) is 0 Å². The Bertz CT molecular complexity index is 283. The largest absolute Gasteiger partial charge is 0.326 e. The van der Waals surface area contributed by atoms with Gasteiger partial charge in [-0.3, -0.25) is 10.1 Å². The summed E-state index contributed by atoms with van der Waals surface area (Å²) >= 11 is 0. The number of anilines is 1. The number of aromatic nitrogens is 2. The normalized spacial score (nSPS) is 9.69. The van der Waals surface area contributed by atoms with Crippen molar-refractivity contribution in [3.63, 3.8) is 0 Å². The zero-order chi connectivity index (χ0) is 9.68. The van der Waals surface area contributed by atoms with Crippen molar-refractivity contribution < 1.29 is 4.79 Å². The Morgan fingerprint density at radius 2 is 2.15 bits per heavy atom. The molecule has 0 aliphatic heterocycles. The summed E-state index contributed by atoms with van der Waals surface area (Å²) in [6.07, 6.45) is 3.61. The van der Waals surface area contributed by atoms with Crippen LogP contribution in [0.3, 0.4) is 0 Å². The number of rotatable bonds is 3. The molecule has 3 N–H and O–H groups in total. The highest BCUT2D eigenvalue weighted by Gasteiger charge is 2.00. The average Bonchev–Trinajstić information content (AvgIpc) is 2.19. The summed E-state index contributed by atoms with van der Waals surface area (Å²) in [5, 5.41) is 2.54. The van der Waals surface area contributed by atoms with Gasteiger partial charge in [0.25, 0.3) is 0 Å². The quantitative estimate of drug-likeness (QED) is 0.700. The van der Waals surface area contributed by atoms with Crippen LogP contribution in [0.1, 0.15) is 18.9 Å². The molecule has 0 saturated carbocycles. The second-order valence-corrected chi connectivity index (χ2v) is 2.52. The summed E-state index contributed by atoms with van der Waals surface area (Å²) in [6, 6.07) is 0. The van der Waals surface area contributed by atoms with E-state index in [0.29, 0.717) is 18.9 Å². The molecule has 0 atom stereocenters. The minimum atomic E-state index is -0.0968. The molecule has 0 unspecified atom stereocenters. The third-order valence-corrected chi connectivity index (χ3v) is 1.51. The molecule has 0 aliphatic carbocycles. The van der Waals surface area contributed by atoms with Gasteiger partial charge in [0.2, 0.25) is 11.9 Å². The highest BCUT2D eigenvalue weighted by molar-refractivity contribution is 5.88. The number of carbonyl (C=O) groups is 1. The highest BCUT2D eigenvalue weighted by Crippen LogP contribution is 1.99. The van der Waals surface area contributed by atoms with E-state index in [9.17, 15) is 4.79 Å². The van der Waals surface area contributed by atoms with Gasteiger partial charge < -0.3 is 5.73 Å². The van der Waals surface area contributed by atoms with Crippen LogP contribution >= 0.6 is 0 Å². The molecule has 1 heterocycles. The zero-order valence-electron chi connectivity index (χ0n) is 7.45. The number of nitrogens with two attached hydrogens (primary N) is 1. The van der Waals surface area contributed by atoms with Gasteiger partial charge in [-0.1, -0.05) is 6.92 Å².